The molecule has 0 atom stereocenters. The Hall–Kier alpha value is -2.25. The smallest absolute Gasteiger partial charge is 0.413 e. The third kappa shape index (κ3) is 4.37. The maximum Gasteiger partial charge on any atom is 0.413 e. The average molecular weight is 390 g/mol. The molecule has 7 heteroatoms. The summed E-state index contributed by atoms with van der Waals surface area (Å²) in [6.45, 7) is 0.221. The van der Waals surface area contributed by atoms with E-state index in [1.807, 2.05) is 47.8 Å². The second kappa shape index (κ2) is 7.34. The van der Waals surface area contributed by atoms with Crippen molar-refractivity contribution >= 4 is 38.5 Å². The van der Waals surface area contributed by atoms with Crippen molar-refractivity contribution in [2.75, 3.05) is 5.32 Å². The fourth-order valence-electron chi connectivity index (χ4n) is 1.82. The minimum atomic E-state index is -0.529. The quantitative estimate of drug-likeness (QED) is 0.701. The number of rotatable bonds is 4. The van der Waals surface area contributed by atoms with Gasteiger partial charge >= 0.3 is 6.09 Å². The molecule has 0 fully saturated rings. The zero-order valence-corrected chi connectivity index (χ0v) is 14.3. The lowest BCUT2D eigenvalue weighted by Gasteiger charge is -2.04. The van der Waals surface area contributed by atoms with Gasteiger partial charge in [0.25, 0.3) is 0 Å². The number of hydrogen-bond acceptors (Lipinski definition) is 5. The Morgan fingerprint density at radius 3 is 2.74 bits per heavy atom. The molecule has 3 rings (SSSR count). The number of thiazole rings is 1. The molecule has 0 aliphatic heterocycles. The summed E-state index contributed by atoms with van der Waals surface area (Å²) in [6, 6.07) is 13.3. The summed E-state index contributed by atoms with van der Waals surface area (Å²) in [4.78, 5) is 20.4. The molecule has 23 heavy (non-hydrogen) atoms. The number of nitrogens with zero attached hydrogens (tertiary/aromatic N) is 2. The van der Waals surface area contributed by atoms with Crippen molar-refractivity contribution in [3.05, 3.63) is 64.1 Å². The first-order valence-corrected chi connectivity index (χ1v) is 8.43. The molecule has 0 radical (unpaired) electrons. The van der Waals surface area contributed by atoms with E-state index in [4.69, 9.17) is 4.74 Å². The fraction of sp³-hybridized carbons (Fsp3) is 0.0625. The number of carbonyl (C=O) groups excluding carboxylic acids is 1. The first-order chi connectivity index (χ1) is 11.2. The normalized spacial score (nSPS) is 10.3. The lowest BCUT2D eigenvalue weighted by Crippen LogP contribution is -2.13. The monoisotopic (exact) mass is 389 g/mol. The van der Waals surface area contributed by atoms with Gasteiger partial charge in [0.2, 0.25) is 0 Å². The number of anilines is 1. The first kappa shape index (κ1) is 15.6. The summed E-state index contributed by atoms with van der Waals surface area (Å²) < 4.78 is 6.06. The zero-order chi connectivity index (χ0) is 16.1. The second-order valence-corrected chi connectivity index (χ2v) is 6.36. The van der Waals surface area contributed by atoms with E-state index < -0.39 is 6.09 Å². The second-order valence-electron chi connectivity index (χ2n) is 4.59. The van der Waals surface area contributed by atoms with Crippen LogP contribution in [0.25, 0.3) is 11.4 Å². The third-order valence-corrected chi connectivity index (χ3v) is 4.14. The standard InChI is InChI=1S/C16H12BrN3O2S/c17-12-6-7-13(18-8-12)14-10-23-15(19-14)20-16(21)22-9-11-4-2-1-3-5-11/h1-8,10H,9H2,(H,19,20,21). The SMILES string of the molecule is O=C(Nc1nc(-c2ccc(Br)cn2)cs1)OCc1ccccc1. The summed E-state index contributed by atoms with van der Waals surface area (Å²) >= 11 is 4.66. The Labute approximate surface area is 145 Å². The number of halogens is 1. The fourth-order valence-corrected chi connectivity index (χ4v) is 2.75. The minimum Gasteiger partial charge on any atom is -0.444 e. The van der Waals surface area contributed by atoms with Crippen LogP contribution in [-0.4, -0.2) is 16.1 Å². The van der Waals surface area contributed by atoms with Crippen LogP contribution in [0.2, 0.25) is 0 Å². The average Bonchev–Trinajstić information content (AvgIpc) is 3.03. The molecular formula is C16H12BrN3O2S. The Morgan fingerprint density at radius 1 is 1.17 bits per heavy atom. The highest BCUT2D eigenvalue weighted by atomic mass is 79.9. The Kier molecular flexibility index (Phi) is 4.99. The number of carbonyl (C=O) groups is 1. The van der Waals surface area contributed by atoms with Crippen molar-refractivity contribution in [3.63, 3.8) is 0 Å². The van der Waals surface area contributed by atoms with Gasteiger partial charge in [0, 0.05) is 16.0 Å². The van der Waals surface area contributed by atoms with Crippen LogP contribution >= 0.6 is 27.3 Å². The minimum absolute atomic E-state index is 0.221. The van der Waals surface area contributed by atoms with Gasteiger partial charge in [-0.2, -0.15) is 0 Å². The molecular weight excluding hydrogens is 378 g/mol. The van der Waals surface area contributed by atoms with E-state index in [0.717, 1.165) is 15.7 Å². The zero-order valence-electron chi connectivity index (χ0n) is 11.9. The first-order valence-electron chi connectivity index (χ1n) is 6.76. The van der Waals surface area contributed by atoms with Crippen LogP contribution in [-0.2, 0) is 11.3 Å². The van der Waals surface area contributed by atoms with Gasteiger partial charge in [0.15, 0.2) is 5.13 Å². The number of aromatic nitrogens is 2. The van der Waals surface area contributed by atoms with Crippen LogP contribution in [0.4, 0.5) is 9.93 Å². The van der Waals surface area contributed by atoms with E-state index in [1.54, 1.807) is 6.20 Å². The molecule has 0 saturated carbocycles. The number of hydrogen-bond donors (Lipinski definition) is 1. The number of ether oxygens (including phenoxy) is 1. The van der Waals surface area contributed by atoms with Crippen LogP contribution in [0.1, 0.15) is 5.56 Å². The van der Waals surface area contributed by atoms with E-state index in [2.05, 4.69) is 31.2 Å². The van der Waals surface area contributed by atoms with Gasteiger partial charge < -0.3 is 4.74 Å². The van der Waals surface area contributed by atoms with Crippen molar-refractivity contribution in [1.29, 1.82) is 0 Å². The molecule has 1 N–H and O–H groups in total. The summed E-state index contributed by atoms with van der Waals surface area (Å²) in [6.07, 6.45) is 1.18. The molecule has 1 aromatic carbocycles. The number of amides is 1. The van der Waals surface area contributed by atoms with Crippen molar-refractivity contribution < 1.29 is 9.53 Å². The molecule has 1 amide bonds. The van der Waals surface area contributed by atoms with E-state index in [0.29, 0.717) is 10.8 Å². The Bertz CT molecular complexity index is 791. The summed E-state index contributed by atoms with van der Waals surface area (Å²) in [5.41, 5.74) is 2.39. The van der Waals surface area contributed by atoms with Crippen LogP contribution < -0.4 is 5.32 Å². The van der Waals surface area contributed by atoms with Crippen LogP contribution in [0.3, 0.4) is 0 Å². The lowest BCUT2D eigenvalue weighted by molar-refractivity contribution is 0.155. The van der Waals surface area contributed by atoms with Gasteiger partial charge in [-0.25, -0.2) is 9.78 Å². The lowest BCUT2D eigenvalue weighted by atomic mass is 10.2. The van der Waals surface area contributed by atoms with Gasteiger partial charge in [-0.15, -0.1) is 11.3 Å². The maximum absolute atomic E-state index is 11.8. The highest BCUT2D eigenvalue weighted by molar-refractivity contribution is 9.10. The van der Waals surface area contributed by atoms with E-state index >= 15 is 0 Å². The van der Waals surface area contributed by atoms with Crippen LogP contribution in [0, 0.1) is 0 Å². The van der Waals surface area contributed by atoms with E-state index in [1.165, 1.54) is 11.3 Å². The summed E-state index contributed by atoms with van der Waals surface area (Å²) in [7, 11) is 0. The molecule has 0 unspecified atom stereocenters. The van der Waals surface area contributed by atoms with E-state index in [9.17, 15) is 4.79 Å². The summed E-state index contributed by atoms with van der Waals surface area (Å²) in [5, 5.41) is 4.93. The predicted octanol–water partition coefficient (Wildman–Crippen LogP) is 4.72. The number of benzene rings is 1. The Morgan fingerprint density at radius 2 is 2.00 bits per heavy atom. The molecule has 0 bridgehead atoms. The molecule has 0 spiro atoms. The highest BCUT2D eigenvalue weighted by Crippen LogP contribution is 2.24. The summed E-state index contributed by atoms with van der Waals surface area (Å²) in [5.74, 6) is 0. The molecule has 3 aromatic rings. The number of nitrogens with one attached hydrogen (secondary N) is 1. The van der Waals surface area contributed by atoms with Gasteiger partial charge in [-0.05, 0) is 33.6 Å². The molecule has 2 heterocycles. The van der Waals surface area contributed by atoms with Crippen molar-refractivity contribution in [1.82, 2.24) is 9.97 Å². The van der Waals surface area contributed by atoms with Crippen LogP contribution in [0.15, 0.2) is 58.5 Å². The molecule has 0 aliphatic carbocycles. The van der Waals surface area contributed by atoms with E-state index in [-0.39, 0.29) is 6.61 Å². The number of pyridine rings is 1. The predicted molar refractivity (Wildman–Crippen MR) is 93.3 cm³/mol. The maximum atomic E-state index is 11.8. The molecule has 5 nitrogen and oxygen atoms in total. The van der Waals surface area contributed by atoms with Crippen molar-refractivity contribution in [3.8, 4) is 11.4 Å². The largest absolute Gasteiger partial charge is 0.444 e. The topological polar surface area (TPSA) is 64.1 Å². The molecule has 116 valence electrons. The third-order valence-electron chi connectivity index (χ3n) is 2.92. The van der Waals surface area contributed by atoms with Crippen molar-refractivity contribution in [2.24, 2.45) is 0 Å². The van der Waals surface area contributed by atoms with Crippen LogP contribution in [0.5, 0.6) is 0 Å². The molecule has 0 aliphatic rings. The Balaban J connectivity index is 1.58. The van der Waals surface area contributed by atoms with Gasteiger partial charge in [0.05, 0.1) is 5.69 Å². The van der Waals surface area contributed by atoms with Gasteiger partial charge in [0.1, 0.15) is 12.3 Å². The highest BCUT2D eigenvalue weighted by Gasteiger charge is 2.09. The van der Waals surface area contributed by atoms with Gasteiger partial charge in [-0.3, -0.25) is 10.3 Å². The molecule has 2 aromatic heterocycles. The van der Waals surface area contributed by atoms with Crippen molar-refractivity contribution in [2.45, 2.75) is 6.61 Å². The molecule has 0 saturated heterocycles. The van der Waals surface area contributed by atoms with Gasteiger partial charge in [-0.1, -0.05) is 30.3 Å².